The molecule has 1 aliphatic carbocycles. The molecule has 2 aromatic heterocycles. The van der Waals surface area contributed by atoms with Crippen molar-refractivity contribution in [2.24, 2.45) is 11.8 Å². The van der Waals surface area contributed by atoms with Crippen molar-refractivity contribution < 1.29 is 14.3 Å². The average Bonchev–Trinajstić information content (AvgIpc) is 3.15. The van der Waals surface area contributed by atoms with Gasteiger partial charge in [0.15, 0.2) is 0 Å². The SMILES string of the molecule is CC1CCN(C(=O)C2CC2c2[nH]nc3ccnc(OC4CCOCC4)c23)C1. The molecule has 1 saturated carbocycles. The van der Waals surface area contributed by atoms with Crippen LogP contribution in [0.4, 0.5) is 0 Å². The molecule has 2 aromatic rings. The van der Waals surface area contributed by atoms with Crippen LogP contribution in [0.15, 0.2) is 12.3 Å². The summed E-state index contributed by atoms with van der Waals surface area (Å²) in [5.74, 6) is 1.80. The molecule has 0 radical (unpaired) electrons. The van der Waals surface area contributed by atoms with Crippen LogP contribution in [0.1, 0.15) is 44.2 Å². The average molecular weight is 370 g/mol. The van der Waals surface area contributed by atoms with Crippen molar-refractivity contribution in [3.05, 3.63) is 18.0 Å². The fourth-order valence-corrected chi connectivity index (χ4v) is 4.42. The lowest BCUT2D eigenvalue weighted by Gasteiger charge is -2.23. The van der Waals surface area contributed by atoms with Gasteiger partial charge in [0, 0.05) is 44.0 Å². The molecule has 5 rings (SSSR count). The second-order valence-electron chi connectivity index (χ2n) is 8.20. The zero-order valence-corrected chi connectivity index (χ0v) is 15.7. The molecule has 2 aliphatic heterocycles. The Balaban J connectivity index is 1.37. The summed E-state index contributed by atoms with van der Waals surface area (Å²) < 4.78 is 11.6. The number of nitrogens with zero attached hydrogens (tertiary/aromatic N) is 3. The molecule has 0 bridgehead atoms. The first kappa shape index (κ1) is 17.0. The predicted octanol–water partition coefficient (Wildman–Crippen LogP) is 2.49. The molecule has 144 valence electrons. The van der Waals surface area contributed by atoms with Gasteiger partial charge in [-0.3, -0.25) is 9.89 Å². The van der Waals surface area contributed by atoms with Crippen molar-refractivity contribution in [2.45, 2.75) is 44.6 Å². The first-order valence-electron chi connectivity index (χ1n) is 10.1. The normalized spacial score (nSPS) is 28.6. The fraction of sp³-hybridized carbons (Fsp3) is 0.650. The van der Waals surface area contributed by atoms with E-state index in [1.54, 1.807) is 6.20 Å². The lowest BCUT2D eigenvalue weighted by atomic mass is 10.1. The number of aromatic amines is 1. The van der Waals surface area contributed by atoms with Crippen molar-refractivity contribution in [2.75, 3.05) is 26.3 Å². The second-order valence-corrected chi connectivity index (χ2v) is 8.20. The molecule has 2 saturated heterocycles. The van der Waals surface area contributed by atoms with E-state index in [-0.39, 0.29) is 17.9 Å². The fourth-order valence-electron chi connectivity index (χ4n) is 4.42. The van der Waals surface area contributed by atoms with Crippen LogP contribution in [-0.2, 0) is 9.53 Å². The monoisotopic (exact) mass is 370 g/mol. The quantitative estimate of drug-likeness (QED) is 0.894. The van der Waals surface area contributed by atoms with Gasteiger partial charge in [0.05, 0.1) is 29.8 Å². The Morgan fingerprint density at radius 3 is 2.96 bits per heavy atom. The third-order valence-electron chi connectivity index (χ3n) is 6.12. The molecule has 7 heteroatoms. The largest absolute Gasteiger partial charge is 0.474 e. The van der Waals surface area contributed by atoms with Crippen LogP contribution >= 0.6 is 0 Å². The minimum atomic E-state index is 0.0649. The van der Waals surface area contributed by atoms with Gasteiger partial charge in [-0.15, -0.1) is 0 Å². The van der Waals surface area contributed by atoms with Gasteiger partial charge in [0.2, 0.25) is 11.8 Å². The van der Waals surface area contributed by atoms with Crippen LogP contribution < -0.4 is 4.74 Å². The first-order valence-corrected chi connectivity index (χ1v) is 10.1. The van der Waals surface area contributed by atoms with E-state index in [4.69, 9.17) is 9.47 Å². The van der Waals surface area contributed by atoms with Crippen molar-refractivity contribution in [3.63, 3.8) is 0 Å². The Kier molecular flexibility index (Phi) is 4.27. The Morgan fingerprint density at radius 1 is 1.33 bits per heavy atom. The third kappa shape index (κ3) is 3.18. The summed E-state index contributed by atoms with van der Waals surface area (Å²) in [6.07, 6.45) is 5.62. The highest BCUT2D eigenvalue weighted by Crippen LogP contribution is 2.51. The number of fused-ring (bicyclic) bond motifs is 1. The highest BCUT2D eigenvalue weighted by Gasteiger charge is 2.48. The van der Waals surface area contributed by atoms with E-state index in [1.807, 2.05) is 11.0 Å². The summed E-state index contributed by atoms with van der Waals surface area (Å²) in [6, 6.07) is 1.90. The highest BCUT2D eigenvalue weighted by molar-refractivity contribution is 5.90. The zero-order valence-electron chi connectivity index (χ0n) is 15.7. The van der Waals surface area contributed by atoms with Gasteiger partial charge < -0.3 is 14.4 Å². The number of ether oxygens (including phenoxy) is 2. The first-order chi connectivity index (χ1) is 13.2. The Labute approximate surface area is 158 Å². The van der Waals surface area contributed by atoms with Gasteiger partial charge in [0.1, 0.15) is 6.10 Å². The summed E-state index contributed by atoms with van der Waals surface area (Å²) >= 11 is 0. The number of hydrogen-bond donors (Lipinski definition) is 1. The van der Waals surface area contributed by atoms with Crippen LogP contribution in [0.3, 0.4) is 0 Å². The highest BCUT2D eigenvalue weighted by atomic mass is 16.5. The number of hydrogen-bond acceptors (Lipinski definition) is 5. The van der Waals surface area contributed by atoms with Gasteiger partial charge >= 0.3 is 0 Å². The van der Waals surface area contributed by atoms with Crippen molar-refractivity contribution in [3.8, 4) is 5.88 Å². The third-order valence-corrected chi connectivity index (χ3v) is 6.12. The predicted molar refractivity (Wildman–Crippen MR) is 99.6 cm³/mol. The van der Waals surface area contributed by atoms with E-state index in [2.05, 4.69) is 22.1 Å². The minimum absolute atomic E-state index is 0.0649. The number of aromatic nitrogens is 3. The van der Waals surface area contributed by atoms with Gasteiger partial charge in [-0.2, -0.15) is 5.10 Å². The summed E-state index contributed by atoms with van der Waals surface area (Å²) in [6.45, 7) is 5.46. The molecule has 0 spiro atoms. The summed E-state index contributed by atoms with van der Waals surface area (Å²) in [5, 5.41) is 8.56. The Hall–Kier alpha value is -2.15. The Morgan fingerprint density at radius 2 is 2.19 bits per heavy atom. The lowest BCUT2D eigenvalue weighted by molar-refractivity contribution is -0.131. The molecule has 1 amide bonds. The molecule has 3 aliphatic rings. The maximum Gasteiger partial charge on any atom is 0.226 e. The van der Waals surface area contributed by atoms with E-state index in [1.165, 1.54) is 0 Å². The number of amides is 1. The van der Waals surface area contributed by atoms with Gasteiger partial charge in [-0.25, -0.2) is 4.98 Å². The topological polar surface area (TPSA) is 80.3 Å². The van der Waals surface area contributed by atoms with Crippen LogP contribution in [-0.4, -0.2) is 58.4 Å². The van der Waals surface area contributed by atoms with Crippen LogP contribution in [0.2, 0.25) is 0 Å². The molecule has 3 fully saturated rings. The molecular weight excluding hydrogens is 344 g/mol. The molecule has 27 heavy (non-hydrogen) atoms. The minimum Gasteiger partial charge on any atom is -0.474 e. The van der Waals surface area contributed by atoms with Crippen LogP contribution in [0, 0.1) is 11.8 Å². The second kappa shape index (κ2) is 6.78. The molecule has 3 atom stereocenters. The maximum absolute atomic E-state index is 12.8. The summed E-state index contributed by atoms with van der Waals surface area (Å²) in [7, 11) is 0. The number of pyridine rings is 1. The van der Waals surface area contributed by atoms with Crippen molar-refractivity contribution in [1.82, 2.24) is 20.1 Å². The number of likely N-dealkylation sites (tertiary alicyclic amines) is 1. The molecule has 3 unspecified atom stereocenters. The van der Waals surface area contributed by atoms with Gasteiger partial charge in [-0.05, 0) is 24.8 Å². The lowest BCUT2D eigenvalue weighted by Crippen LogP contribution is -2.30. The maximum atomic E-state index is 12.8. The molecule has 0 aromatic carbocycles. The van der Waals surface area contributed by atoms with Crippen molar-refractivity contribution >= 4 is 16.8 Å². The standard InChI is InChI=1S/C20H26N4O3/c1-12-3-7-24(11-12)20(25)15-10-14(15)18-17-16(22-23-18)2-6-21-19(17)27-13-4-8-26-9-5-13/h2,6,12-15H,3-5,7-11H2,1H3,(H,22,23). The van der Waals surface area contributed by atoms with E-state index < -0.39 is 0 Å². The molecular formula is C20H26N4O3. The van der Waals surface area contributed by atoms with Crippen LogP contribution in [0.5, 0.6) is 5.88 Å². The van der Waals surface area contributed by atoms with E-state index in [9.17, 15) is 4.79 Å². The van der Waals surface area contributed by atoms with E-state index in [0.29, 0.717) is 17.7 Å². The number of carbonyl (C=O) groups is 1. The van der Waals surface area contributed by atoms with E-state index >= 15 is 0 Å². The number of H-pyrrole nitrogens is 1. The van der Waals surface area contributed by atoms with Crippen LogP contribution in [0.25, 0.3) is 10.9 Å². The summed E-state index contributed by atoms with van der Waals surface area (Å²) in [4.78, 5) is 19.3. The number of carbonyl (C=O) groups excluding carboxylic acids is 1. The van der Waals surface area contributed by atoms with E-state index in [0.717, 1.165) is 68.6 Å². The number of rotatable bonds is 4. The molecule has 4 heterocycles. The van der Waals surface area contributed by atoms with Gasteiger partial charge in [-0.1, -0.05) is 6.92 Å². The molecule has 7 nitrogen and oxygen atoms in total. The number of nitrogens with one attached hydrogen (secondary N) is 1. The zero-order chi connectivity index (χ0) is 18.4. The summed E-state index contributed by atoms with van der Waals surface area (Å²) in [5.41, 5.74) is 1.86. The smallest absolute Gasteiger partial charge is 0.226 e. The van der Waals surface area contributed by atoms with Crippen molar-refractivity contribution in [1.29, 1.82) is 0 Å². The molecule has 1 N–H and O–H groups in total. The Bertz CT molecular complexity index is 845. The van der Waals surface area contributed by atoms with Gasteiger partial charge in [0.25, 0.3) is 0 Å².